The lowest BCUT2D eigenvalue weighted by atomic mass is 10.2. The molecule has 0 fully saturated rings. The first-order valence-corrected chi connectivity index (χ1v) is 8.20. The number of carbonyl (C=O) groups excluding carboxylic acids is 2. The van der Waals surface area contributed by atoms with Crippen LogP contribution in [0.1, 0.15) is 13.8 Å². The van der Waals surface area contributed by atoms with Gasteiger partial charge in [-0.15, -0.1) is 0 Å². The van der Waals surface area contributed by atoms with Gasteiger partial charge in [-0.05, 0) is 26.0 Å². The largest absolute Gasteiger partial charge is 0.486 e. The quantitative estimate of drug-likeness (QED) is 0.596. The molecule has 1 aromatic carbocycles. The molecule has 1 heterocycles. The molecule has 132 valence electrons. The van der Waals surface area contributed by atoms with E-state index in [1.54, 1.807) is 0 Å². The van der Waals surface area contributed by atoms with Crippen molar-refractivity contribution in [2.45, 2.75) is 26.0 Å². The SMILES string of the molecule is CC(C)NC(=O)C[NH+](C)CC(=O)NC[C@H]1COc2ccccc2O1. The number of hydrogen-bond acceptors (Lipinski definition) is 4. The summed E-state index contributed by atoms with van der Waals surface area (Å²) in [6.07, 6.45) is -0.214. The van der Waals surface area contributed by atoms with Crippen LogP contribution in [0.3, 0.4) is 0 Å². The maximum absolute atomic E-state index is 12.0. The highest BCUT2D eigenvalue weighted by Gasteiger charge is 2.22. The Morgan fingerprint density at radius 3 is 2.58 bits per heavy atom. The van der Waals surface area contributed by atoms with Gasteiger partial charge in [0.25, 0.3) is 11.8 Å². The Labute approximate surface area is 142 Å². The molecule has 0 radical (unpaired) electrons. The first-order valence-electron chi connectivity index (χ1n) is 8.20. The number of hydrogen-bond donors (Lipinski definition) is 3. The first-order chi connectivity index (χ1) is 11.4. The molecule has 1 aliphatic rings. The average Bonchev–Trinajstić information content (AvgIpc) is 2.51. The molecule has 0 spiro atoms. The Morgan fingerprint density at radius 1 is 1.21 bits per heavy atom. The van der Waals surface area contributed by atoms with E-state index in [-0.39, 0.29) is 37.0 Å². The van der Waals surface area contributed by atoms with Gasteiger partial charge < -0.3 is 25.0 Å². The van der Waals surface area contributed by atoms with E-state index in [1.807, 2.05) is 45.2 Å². The number of nitrogens with one attached hydrogen (secondary N) is 3. The highest BCUT2D eigenvalue weighted by Crippen LogP contribution is 2.30. The molecule has 24 heavy (non-hydrogen) atoms. The third kappa shape index (κ3) is 5.73. The summed E-state index contributed by atoms with van der Waals surface area (Å²) in [5, 5.41) is 5.64. The van der Waals surface area contributed by atoms with Crippen molar-refractivity contribution in [2.24, 2.45) is 0 Å². The fraction of sp³-hybridized carbons (Fsp3) is 0.529. The van der Waals surface area contributed by atoms with Crippen molar-refractivity contribution in [1.29, 1.82) is 0 Å². The van der Waals surface area contributed by atoms with Crippen LogP contribution in [0, 0.1) is 0 Å². The van der Waals surface area contributed by atoms with Gasteiger partial charge >= 0.3 is 0 Å². The number of fused-ring (bicyclic) bond motifs is 1. The summed E-state index contributed by atoms with van der Waals surface area (Å²) >= 11 is 0. The molecular weight excluding hydrogens is 310 g/mol. The van der Waals surface area contributed by atoms with Crippen LogP contribution in [0.5, 0.6) is 11.5 Å². The zero-order valence-electron chi connectivity index (χ0n) is 14.4. The van der Waals surface area contributed by atoms with Crippen molar-refractivity contribution in [3.05, 3.63) is 24.3 Å². The molecule has 0 aromatic heterocycles. The van der Waals surface area contributed by atoms with Crippen LogP contribution >= 0.6 is 0 Å². The zero-order chi connectivity index (χ0) is 17.5. The van der Waals surface area contributed by atoms with Gasteiger partial charge in [-0.1, -0.05) is 12.1 Å². The summed E-state index contributed by atoms with van der Waals surface area (Å²) in [5.74, 6) is 1.24. The Morgan fingerprint density at radius 2 is 1.88 bits per heavy atom. The van der Waals surface area contributed by atoms with Gasteiger partial charge in [0.2, 0.25) is 0 Å². The predicted molar refractivity (Wildman–Crippen MR) is 89.3 cm³/mol. The lowest BCUT2D eigenvalue weighted by Gasteiger charge is -2.26. The molecule has 2 rings (SSSR count). The minimum Gasteiger partial charge on any atom is -0.486 e. The normalized spacial score (nSPS) is 17.2. The van der Waals surface area contributed by atoms with Gasteiger partial charge in [-0.25, -0.2) is 0 Å². The fourth-order valence-electron chi connectivity index (χ4n) is 2.44. The van der Waals surface area contributed by atoms with E-state index in [4.69, 9.17) is 9.47 Å². The van der Waals surface area contributed by atoms with Gasteiger partial charge in [0.05, 0.1) is 13.6 Å². The van der Waals surface area contributed by atoms with E-state index >= 15 is 0 Å². The standard InChI is InChI=1S/C17H25N3O4/c1-12(2)19-17(22)10-20(3)9-16(21)18-8-13-11-23-14-6-4-5-7-15(14)24-13/h4-7,12-13H,8-11H2,1-3H3,(H,18,21)(H,19,22)/p+1/t13-/m0/s1. The number of likely N-dealkylation sites (N-methyl/N-ethyl adjacent to an activating group) is 1. The summed E-state index contributed by atoms with van der Waals surface area (Å²) < 4.78 is 11.4. The monoisotopic (exact) mass is 336 g/mol. The van der Waals surface area contributed by atoms with Crippen LogP contribution in [0.2, 0.25) is 0 Å². The molecule has 3 N–H and O–H groups in total. The number of carbonyl (C=O) groups is 2. The van der Waals surface area contributed by atoms with Crippen LogP contribution in [0.4, 0.5) is 0 Å². The number of para-hydroxylation sites is 2. The van der Waals surface area contributed by atoms with Crippen molar-refractivity contribution >= 4 is 11.8 Å². The van der Waals surface area contributed by atoms with Crippen molar-refractivity contribution in [1.82, 2.24) is 10.6 Å². The molecule has 7 nitrogen and oxygen atoms in total. The summed E-state index contributed by atoms with van der Waals surface area (Å²) in [4.78, 5) is 24.5. The maximum atomic E-state index is 12.0. The number of ether oxygens (including phenoxy) is 2. The summed E-state index contributed by atoms with van der Waals surface area (Å²) in [6.45, 7) is 5.09. The van der Waals surface area contributed by atoms with E-state index in [1.165, 1.54) is 0 Å². The predicted octanol–water partition coefficient (Wildman–Crippen LogP) is -1.02. The topological polar surface area (TPSA) is 81.1 Å². The minimum absolute atomic E-state index is 0.0593. The minimum atomic E-state index is -0.214. The van der Waals surface area contributed by atoms with Gasteiger partial charge in [0.15, 0.2) is 24.6 Å². The van der Waals surface area contributed by atoms with Crippen molar-refractivity contribution in [3.8, 4) is 11.5 Å². The maximum Gasteiger partial charge on any atom is 0.275 e. The first kappa shape index (κ1) is 18.1. The van der Waals surface area contributed by atoms with Crippen LogP contribution in [0.15, 0.2) is 24.3 Å². The summed E-state index contributed by atoms with van der Waals surface area (Å²) in [6, 6.07) is 7.56. The Bertz CT molecular complexity index is 577. The second kappa shape index (κ2) is 8.54. The van der Waals surface area contributed by atoms with Gasteiger partial charge in [0, 0.05) is 6.04 Å². The van der Waals surface area contributed by atoms with Gasteiger partial charge in [0.1, 0.15) is 12.7 Å². The molecule has 0 saturated heterocycles. The third-order valence-corrected chi connectivity index (χ3v) is 3.47. The Hall–Kier alpha value is -2.28. The molecule has 2 atom stereocenters. The van der Waals surface area contributed by atoms with Crippen LogP contribution in [-0.4, -0.2) is 57.2 Å². The highest BCUT2D eigenvalue weighted by molar-refractivity contribution is 5.79. The molecule has 1 aliphatic heterocycles. The number of benzene rings is 1. The number of rotatable bonds is 7. The van der Waals surface area contributed by atoms with E-state index in [9.17, 15) is 9.59 Å². The van der Waals surface area contributed by atoms with Crippen molar-refractivity contribution < 1.29 is 24.0 Å². The van der Waals surface area contributed by atoms with Crippen molar-refractivity contribution in [3.63, 3.8) is 0 Å². The van der Waals surface area contributed by atoms with Gasteiger partial charge in [-0.2, -0.15) is 0 Å². The molecule has 7 heteroatoms. The van der Waals surface area contributed by atoms with E-state index in [0.29, 0.717) is 18.9 Å². The van der Waals surface area contributed by atoms with Crippen LogP contribution in [-0.2, 0) is 9.59 Å². The number of amides is 2. The molecular formula is C17H26N3O4+. The van der Waals surface area contributed by atoms with Gasteiger partial charge in [-0.3, -0.25) is 9.59 Å². The summed E-state index contributed by atoms with van der Waals surface area (Å²) in [7, 11) is 1.82. The summed E-state index contributed by atoms with van der Waals surface area (Å²) in [5.41, 5.74) is 0. The average molecular weight is 336 g/mol. The smallest absolute Gasteiger partial charge is 0.275 e. The zero-order valence-corrected chi connectivity index (χ0v) is 14.4. The number of quaternary nitrogens is 1. The Balaban J connectivity index is 1.69. The molecule has 2 amide bonds. The molecule has 1 unspecified atom stereocenters. The van der Waals surface area contributed by atoms with E-state index in [0.717, 1.165) is 10.6 Å². The third-order valence-electron chi connectivity index (χ3n) is 3.47. The van der Waals surface area contributed by atoms with E-state index in [2.05, 4.69) is 10.6 Å². The Kier molecular flexibility index (Phi) is 6.43. The second-order valence-electron chi connectivity index (χ2n) is 6.33. The van der Waals surface area contributed by atoms with Crippen LogP contribution < -0.4 is 25.0 Å². The lowest BCUT2D eigenvalue weighted by Crippen LogP contribution is -3.11. The van der Waals surface area contributed by atoms with E-state index < -0.39 is 0 Å². The molecule has 0 saturated carbocycles. The lowest BCUT2D eigenvalue weighted by molar-refractivity contribution is -0.862. The fourth-order valence-corrected chi connectivity index (χ4v) is 2.44. The molecule has 0 bridgehead atoms. The molecule has 1 aromatic rings. The van der Waals surface area contributed by atoms with Crippen LogP contribution in [0.25, 0.3) is 0 Å². The highest BCUT2D eigenvalue weighted by atomic mass is 16.6. The van der Waals surface area contributed by atoms with Crippen molar-refractivity contribution in [2.75, 3.05) is 33.3 Å². The second-order valence-corrected chi connectivity index (χ2v) is 6.33. The molecule has 0 aliphatic carbocycles.